The van der Waals surface area contributed by atoms with Crippen molar-refractivity contribution in [1.29, 1.82) is 0 Å². The number of carbonyl (C=O) groups is 1. The summed E-state index contributed by atoms with van der Waals surface area (Å²) in [4.78, 5) is 17.9. The smallest absolute Gasteiger partial charge is 0.161 e. The zero-order valence-electron chi connectivity index (χ0n) is 10.2. The molecule has 1 aromatic heterocycles. The minimum Gasteiger partial charge on any atom is -0.368 e. The maximum Gasteiger partial charge on any atom is 0.161 e. The average Bonchev–Trinajstić information content (AvgIpc) is 2.81. The largest absolute Gasteiger partial charge is 0.368 e. The van der Waals surface area contributed by atoms with E-state index in [1.165, 1.54) is 0 Å². The number of anilines is 1. The van der Waals surface area contributed by atoms with Crippen molar-refractivity contribution in [2.24, 2.45) is 0 Å². The van der Waals surface area contributed by atoms with Crippen LogP contribution in [0.15, 0.2) is 33.6 Å². The van der Waals surface area contributed by atoms with Crippen molar-refractivity contribution in [1.82, 2.24) is 4.98 Å². The van der Waals surface area contributed by atoms with Crippen molar-refractivity contribution in [3.63, 3.8) is 0 Å². The number of rotatable bonds is 4. The van der Waals surface area contributed by atoms with Crippen LogP contribution in [0.4, 0.5) is 5.69 Å². The van der Waals surface area contributed by atoms with Crippen LogP contribution in [0.5, 0.6) is 0 Å². The second kappa shape index (κ2) is 5.63. The molecule has 0 aliphatic heterocycles. The van der Waals surface area contributed by atoms with Crippen LogP contribution < -0.4 is 4.90 Å². The van der Waals surface area contributed by atoms with Gasteiger partial charge < -0.3 is 4.90 Å². The van der Waals surface area contributed by atoms with Gasteiger partial charge >= 0.3 is 0 Å². The highest BCUT2D eigenvalue weighted by molar-refractivity contribution is 9.10. The molecule has 0 spiro atoms. The third kappa shape index (κ3) is 2.97. The molecule has 0 saturated carbocycles. The van der Waals surface area contributed by atoms with E-state index < -0.39 is 0 Å². The fraction of sp³-hybridized carbons (Fsp3) is 0.231. The number of carbonyl (C=O) groups excluding carboxylic acids is 1. The number of halogens is 1. The maximum atomic E-state index is 11.6. The second-order valence-corrected chi connectivity index (χ2v) is 5.69. The molecular weight excluding hydrogens is 312 g/mol. The summed E-state index contributed by atoms with van der Waals surface area (Å²) in [6.07, 6.45) is 0. The fourth-order valence-electron chi connectivity index (χ4n) is 1.76. The zero-order valence-corrected chi connectivity index (χ0v) is 12.6. The number of hydrogen-bond acceptors (Lipinski definition) is 4. The van der Waals surface area contributed by atoms with Gasteiger partial charge in [0, 0.05) is 28.2 Å². The standard InChI is InChI=1S/C13H13BrN2OS/c1-9(17)12-4-3-10(14)5-13(12)16(2)6-11-7-18-8-15-11/h3-5,7-8H,6H2,1-2H3. The van der Waals surface area contributed by atoms with E-state index in [1.54, 1.807) is 18.3 Å². The monoisotopic (exact) mass is 324 g/mol. The third-order valence-corrected chi connectivity index (χ3v) is 3.76. The van der Waals surface area contributed by atoms with Gasteiger partial charge in [-0.2, -0.15) is 0 Å². The van der Waals surface area contributed by atoms with Crippen LogP contribution in [-0.4, -0.2) is 17.8 Å². The first-order valence-electron chi connectivity index (χ1n) is 5.46. The SMILES string of the molecule is CC(=O)c1ccc(Br)cc1N(C)Cc1cscn1. The molecule has 5 heteroatoms. The molecule has 0 unspecified atom stereocenters. The quantitative estimate of drug-likeness (QED) is 0.803. The van der Waals surface area contributed by atoms with Gasteiger partial charge in [0.15, 0.2) is 5.78 Å². The number of ketones is 1. The van der Waals surface area contributed by atoms with Gasteiger partial charge in [0.2, 0.25) is 0 Å². The van der Waals surface area contributed by atoms with Crippen molar-refractivity contribution in [2.75, 3.05) is 11.9 Å². The maximum absolute atomic E-state index is 11.6. The van der Waals surface area contributed by atoms with Gasteiger partial charge in [-0.15, -0.1) is 11.3 Å². The van der Waals surface area contributed by atoms with Gasteiger partial charge in [0.1, 0.15) is 0 Å². The Kier molecular flexibility index (Phi) is 4.14. The normalized spacial score (nSPS) is 10.4. The summed E-state index contributed by atoms with van der Waals surface area (Å²) in [6.45, 7) is 2.28. The van der Waals surface area contributed by atoms with Crippen LogP contribution >= 0.6 is 27.3 Å². The molecule has 2 aromatic rings. The Hall–Kier alpha value is -1.20. The van der Waals surface area contributed by atoms with Gasteiger partial charge in [-0.1, -0.05) is 15.9 Å². The minimum atomic E-state index is 0.0719. The van der Waals surface area contributed by atoms with E-state index in [9.17, 15) is 4.79 Å². The van der Waals surface area contributed by atoms with Crippen molar-refractivity contribution >= 4 is 38.7 Å². The lowest BCUT2D eigenvalue weighted by atomic mass is 10.1. The van der Waals surface area contributed by atoms with E-state index in [4.69, 9.17) is 0 Å². The average molecular weight is 325 g/mol. The van der Waals surface area contributed by atoms with Crippen LogP contribution in [0.25, 0.3) is 0 Å². The number of hydrogen-bond donors (Lipinski definition) is 0. The van der Waals surface area contributed by atoms with Crippen LogP contribution in [0.3, 0.4) is 0 Å². The predicted molar refractivity (Wildman–Crippen MR) is 78.4 cm³/mol. The Morgan fingerprint density at radius 1 is 1.50 bits per heavy atom. The van der Waals surface area contributed by atoms with Crippen molar-refractivity contribution in [3.8, 4) is 0 Å². The summed E-state index contributed by atoms with van der Waals surface area (Å²) in [6, 6.07) is 5.69. The van der Waals surface area contributed by atoms with E-state index >= 15 is 0 Å². The predicted octanol–water partition coefficient (Wildman–Crippen LogP) is 3.74. The lowest BCUT2D eigenvalue weighted by molar-refractivity contribution is 0.101. The molecule has 0 N–H and O–H groups in total. The molecule has 2 rings (SSSR count). The van der Waals surface area contributed by atoms with E-state index in [0.717, 1.165) is 21.4 Å². The highest BCUT2D eigenvalue weighted by Crippen LogP contribution is 2.26. The summed E-state index contributed by atoms with van der Waals surface area (Å²) >= 11 is 5.02. The van der Waals surface area contributed by atoms with Crippen LogP contribution in [0, 0.1) is 0 Å². The van der Waals surface area contributed by atoms with Gasteiger partial charge in [0.05, 0.1) is 17.7 Å². The van der Waals surface area contributed by atoms with E-state index in [1.807, 2.05) is 41.0 Å². The molecule has 1 heterocycles. The van der Waals surface area contributed by atoms with E-state index in [-0.39, 0.29) is 5.78 Å². The molecule has 94 valence electrons. The molecule has 0 atom stereocenters. The summed E-state index contributed by atoms with van der Waals surface area (Å²) in [7, 11) is 1.97. The van der Waals surface area contributed by atoms with Crippen LogP contribution in [0.1, 0.15) is 23.0 Å². The summed E-state index contributed by atoms with van der Waals surface area (Å²) in [5.41, 5.74) is 4.48. The van der Waals surface area contributed by atoms with Crippen molar-refractivity contribution < 1.29 is 4.79 Å². The molecule has 0 amide bonds. The summed E-state index contributed by atoms with van der Waals surface area (Å²) < 4.78 is 0.965. The molecule has 0 radical (unpaired) electrons. The summed E-state index contributed by atoms with van der Waals surface area (Å²) in [5, 5.41) is 2.02. The van der Waals surface area contributed by atoms with Crippen molar-refractivity contribution in [3.05, 3.63) is 44.8 Å². The Balaban J connectivity index is 2.31. The highest BCUT2D eigenvalue weighted by atomic mass is 79.9. The number of thiazole rings is 1. The minimum absolute atomic E-state index is 0.0719. The molecule has 0 bridgehead atoms. The van der Waals surface area contributed by atoms with Gasteiger partial charge in [-0.3, -0.25) is 4.79 Å². The zero-order chi connectivity index (χ0) is 13.1. The Morgan fingerprint density at radius 3 is 2.89 bits per heavy atom. The Morgan fingerprint density at radius 2 is 2.28 bits per heavy atom. The van der Waals surface area contributed by atoms with Crippen LogP contribution in [-0.2, 0) is 6.54 Å². The fourth-order valence-corrected chi connectivity index (χ4v) is 2.66. The van der Waals surface area contributed by atoms with E-state index in [2.05, 4.69) is 20.9 Å². The van der Waals surface area contributed by atoms with Gasteiger partial charge in [-0.05, 0) is 25.1 Å². The molecular formula is C13H13BrN2OS. The molecule has 1 aromatic carbocycles. The Labute approximate surface area is 119 Å². The first-order chi connectivity index (χ1) is 8.58. The number of benzene rings is 1. The lowest BCUT2D eigenvalue weighted by Gasteiger charge is -2.21. The van der Waals surface area contributed by atoms with E-state index in [0.29, 0.717) is 6.54 Å². The van der Waals surface area contributed by atoms with Crippen molar-refractivity contribution in [2.45, 2.75) is 13.5 Å². The topological polar surface area (TPSA) is 33.2 Å². The second-order valence-electron chi connectivity index (χ2n) is 4.05. The molecule has 0 fully saturated rings. The molecule has 18 heavy (non-hydrogen) atoms. The summed E-state index contributed by atoms with van der Waals surface area (Å²) in [5.74, 6) is 0.0719. The van der Waals surface area contributed by atoms with Crippen LogP contribution in [0.2, 0.25) is 0 Å². The van der Waals surface area contributed by atoms with Gasteiger partial charge in [-0.25, -0.2) is 4.98 Å². The molecule has 0 aliphatic carbocycles. The van der Waals surface area contributed by atoms with Gasteiger partial charge in [0.25, 0.3) is 0 Å². The number of Topliss-reactive ketones (excluding diaryl/α,β-unsaturated/α-hetero) is 1. The highest BCUT2D eigenvalue weighted by Gasteiger charge is 2.12. The molecule has 3 nitrogen and oxygen atoms in total. The molecule has 0 aliphatic rings. The number of nitrogens with zero attached hydrogens (tertiary/aromatic N) is 2. The first-order valence-corrected chi connectivity index (χ1v) is 7.20. The number of aromatic nitrogens is 1. The molecule has 0 saturated heterocycles. The Bertz CT molecular complexity index is 554. The third-order valence-electron chi connectivity index (χ3n) is 2.63. The lowest BCUT2D eigenvalue weighted by Crippen LogP contribution is -2.19. The first kappa shape index (κ1) is 13.2.